The van der Waals surface area contributed by atoms with Gasteiger partial charge in [0.05, 0.1) is 0 Å². The quantitative estimate of drug-likeness (QED) is 0.569. The predicted octanol–water partition coefficient (Wildman–Crippen LogP) is 4.18. The topological polar surface area (TPSA) is 17.1 Å². The van der Waals surface area contributed by atoms with Crippen molar-refractivity contribution in [3.05, 3.63) is 46.8 Å². The Bertz CT molecular complexity index is 694. The molecule has 2 heteroatoms. The number of hydrogen-bond acceptors (Lipinski definition) is 2. The zero-order valence-corrected chi connectivity index (χ0v) is 9.67. The standard InChI is InChI=1S/C14H10OS/c1-9-13(8-15)12-7-6-10-4-2-3-5-11(10)14(12)16-9/h2-8H,1H3. The fourth-order valence-electron chi connectivity index (χ4n) is 2.11. The molecule has 0 unspecified atom stereocenters. The van der Waals surface area contributed by atoms with Gasteiger partial charge in [0.2, 0.25) is 0 Å². The van der Waals surface area contributed by atoms with Gasteiger partial charge in [-0.15, -0.1) is 11.3 Å². The molecule has 1 heterocycles. The van der Waals surface area contributed by atoms with Crippen molar-refractivity contribution in [3.8, 4) is 0 Å². The molecule has 3 rings (SSSR count). The monoisotopic (exact) mass is 226 g/mol. The number of aryl methyl sites for hydroxylation is 1. The third-order valence-corrected chi connectivity index (χ3v) is 4.09. The lowest BCUT2D eigenvalue weighted by atomic mass is 10.1. The van der Waals surface area contributed by atoms with E-state index in [1.54, 1.807) is 11.3 Å². The first-order valence-corrected chi connectivity index (χ1v) is 5.99. The third kappa shape index (κ3) is 1.20. The summed E-state index contributed by atoms with van der Waals surface area (Å²) in [5.74, 6) is 0. The molecule has 0 atom stereocenters. The van der Waals surface area contributed by atoms with Crippen LogP contribution in [0.15, 0.2) is 36.4 Å². The highest BCUT2D eigenvalue weighted by atomic mass is 32.1. The zero-order valence-electron chi connectivity index (χ0n) is 8.86. The molecule has 2 aromatic carbocycles. The lowest BCUT2D eigenvalue weighted by molar-refractivity contribution is 0.112. The highest BCUT2D eigenvalue weighted by Crippen LogP contribution is 2.35. The molecule has 1 nitrogen and oxygen atoms in total. The van der Waals surface area contributed by atoms with Gasteiger partial charge in [-0.2, -0.15) is 0 Å². The molecule has 0 saturated carbocycles. The van der Waals surface area contributed by atoms with Crippen molar-refractivity contribution < 1.29 is 4.79 Å². The van der Waals surface area contributed by atoms with Gasteiger partial charge in [0.25, 0.3) is 0 Å². The lowest BCUT2D eigenvalue weighted by Gasteiger charge is -1.98. The molecular weight excluding hydrogens is 216 g/mol. The van der Waals surface area contributed by atoms with E-state index >= 15 is 0 Å². The Morgan fingerprint density at radius 2 is 1.88 bits per heavy atom. The minimum Gasteiger partial charge on any atom is -0.298 e. The number of rotatable bonds is 1. The summed E-state index contributed by atoms with van der Waals surface area (Å²) in [6.45, 7) is 2.00. The highest BCUT2D eigenvalue weighted by molar-refractivity contribution is 7.20. The Balaban J connectivity index is 2.57. The maximum atomic E-state index is 11.0. The Morgan fingerprint density at radius 1 is 1.06 bits per heavy atom. The average molecular weight is 226 g/mol. The van der Waals surface area contributed by atoms with Crippen LogP contribution in [0.25, 0.3) is 20.9 Å². The van der Waals surface area contributed by atoms with E-state index in [4.69, 9.17) is 0 Å². The van der Waals surface area contributed by atoms with Gasteiger partial charge in [-0.1, -0.05) is 36.4 Å². The second-order valence-corrected chi connectivity index (χ2v) is 5.08. The van der Waals surface area contributed by atoms with Crippen LogP contribution in [0.3, 0.4) is 0 Å². The van der Waals surface area contributed by atoms with Crippen LogP contribution < -0.4 is 0 Å². The van der Waals surface area contributed by atoms with Crippen molar-refractivity contribution in [2.24, 2.45) is 0 Å². The first kappa shape index (κ1) is 9.55. The summed E-state index contributed by atoms with van der Waals surface area (Å²) in [5.41, 5.74) is 0.839. The molecule has 0 aliphatic rings. The first-order chi connectivity index (χ1) is 7.81. The van der Waals surface area contributed by atoms with Crippen molar-refractivity contribution in [2.45, 2.75) is 6.92 Å². The number of fused-ring (bicyclic) bond motifs is 3. The second kappa shape index (κ2) is 3.42. The maximum absolute atomic E-state index is 11.0. The summed E-state index contributed by atoms with van der Waals surface area (Å²) in [7, 11) is 0. The normalized spacial score (nSPS) is 11.1. The Morgan fingerprint density at radius 3 is 2.69 bits per heavy atom. The Kier molecular flexibility index (Phi) is 2.04. The highest BCUT2D eigenvalue weighted by Gasteiger charge is 2.10. The van der Waals surface area contributed by atoms with Crippen LogP contribution in [-0.4, -0.2) is 6.29 Å². The smallest absolute Gasteiger partial charge is 0.151 e. The van der Waals surface area contributed by atoms with Crippen LogP contribution in [0.1, 0.15) is 15.2 Å². The fourth-order valence-corrected chi connectivity index (χ4v) is 3.27. The van der Waals surface area contributed by atoms with Crippen molar-refractivity contribution in [1.29, 1.82) is 0 Å². The Labute approximate surface area is 97.3 Å². The van der Waals surface area contributed by atoms with Crippen LogP contribution in [0.4, 0.5) is 0 Å². The summed E-state index contributed by atoms with van der Waals surface area (Å²) in [6.07, 6.45) is 0.961. The summed E-state index contributed by atoms with van der Waals surface area (Å²) in [5, 5.41) is 3.55. The molecule has 0 fully saturated rings. The number of benzene rings is 2. The predicted molar refractivity (Wildman–Crippen MR) is 69.5 cm³/mol. The SMILES string of the molecule is Cc1sc2c(ccc3ccccc32)c1C=O. The number of aldehydes is 1. The van der Waals surface area contributed by atoms with Crippen molar-refractivity contribution in [3.63, 3.8) is 0 Å². The molecule has 0 spiro atoms. The molecular formula is C14H10OS. The van der Waals surface area contributed by atoms with Crippen molar-refractivity contribution in [2.75, 3.05) is 0 Å². The van der Waals surface area contributed by atoms with Gasteiger partial charge in [0, 0.05) is 20.5 Å². The number of carbonyl (C=O) groups excluding carboxylic acids is 1. The summed E-state index contributed by atoms with van der Waals surface area (Å²) in [4.78, 5) is 12.1. The van der Waals surface area contributed by atoms with Gasteiger partial charge in [-0.05, 0) is 17.7 Å². The summed E-state index contributed by atoms with van der Waals surface area (Å²) < 4.78 is 1.22. The summed E-state index contributed by atoms with van der Waals surface area (Å²) >= 11 is 1.70. The molecule has 3 aromatic rings. The first-order valence-electron chi connectivity index (χ1n) is 5.17. The van der Waals surface area contributed by atoms with E-state index in [0.29, 0.717) is 0 Å². The molecule has 0 bridgehead atoms. The van der Waals surface area contributed by atoms with Gasteiger partial charge in [-0.25, -0.2) is 0 Å². The average Bonchev–Trinajstić information content (AvgIpc) is 2.65. The molecule has 0 amide bonds. The lowest BCUT2D eigenvalue weighted by Crippen LogP contribution is -1.79. The van der Waals surface area contributed by atoms with Crippen LogP contribution in [-0.2, 0) is 0 Å². The van der Waals surface area contributed by atoms with E-state index < -0.39 is 0 Å². The molecule has 78 valence electrons. The largest absolute Gasteiger partial charge is 0.298 e. The van der Waals surface area contributed by atoms with Gasteiger partial charge in [0.1, 0.15) is 0 Å². The van der Waals surface area contributed by atoms with Crippen LogP contribution in [0.2, 0.25) is 0 Å². The zero-order chi connectivity index (χ0) is 11.1. The molecule has 16 heavy (non-hydrogen) atoms. The molecule has 0 aliphatic carbocycles. The molecule has 0 saturated heterocycles. The van der Waals surface area contributed by atoms with E-state index in [1.807, 2.05) is 25.1 Å². The van der Waals surface area contributed by atoms with Gasteiger partial charge in [0.15, 0.2) is 6.29 Å². The van der Waals surface area contributed by atoms with Crippen LogP contribution in [0, 0.1) is 6.92 Å². The third-order valence-electron chi connectivity index (χ3n) is 2.92. The molecule has 0 radical (unpaired) electrons. The minimum absolute atomic E-state index is 0.839. The van der Waals surface area contributed by atoms with E-state index in [-0.39, 0.29) is 0 Å². The second-order valence-electron chi connectivity index (χ2n) is 3.85. The van der Waals surface area contributed by atoms with Gasteiger partial charge in [-0.3, -0.25) is 4.79 Å². The molecule has 0 aliphatic heterocycles. The Hall–Kier alpha value is -1.67. The van der Waals surface area contributed by atoms with E-state index in [2.05, 4.69) is 18.2 Å². The molecule has 1 aromatic heterocycles. The molecule has 0 N–H and O–H groups in total. The van der Waals surface area contributed by atoms with E-state index in [9.17, 15) is 4.79 Å². The number of thiophene rings is 1. The van der Waals surface area contributed by atoms with Crippen LogP contribution in [0.5, 0.6) is 0 Å². The minimum atomic E-state index is 0.839. The number of hydrogen-bond donors (Lipinski definition) is 0. The fraction of sp³-hybridized carbons (Fsp3) is 0.0714. The number of carbonyl (C=O) groups is 1. The van der Waals surface area contributed by atoms with Crippen molar-refractivity contribution >= 4 is 38.5 Å². The van der Waals surface area contributed by atoms with E-state index in [1.165, 1.54) is 15.5 Å². The van der Waals surface area contributed by atoms with Crippen LogP contribution >= 0.6 is 11.3 Å². The van der Waals surface area contributed by atoms with Gasteiger partial charge < -0.3 is 0 Å². The van der Waals surface area contributed by atoms with Gasteiger partial charge >= 0.3 is 0 Å². The van der Waals surface area contributed by atoms with Crippen molar-refractivity contribution in [1.82, 2.24) is 0 Å². The maximum Gasteiger partial charge on any atom is 0.151 e. The summed E-state index contributed by atoms with van der Waals surface area (Å²) in [6, 6.07) is 12.4. The van der Waals surface area contributed by atoms with E-state index in [0.717, 1.165) is 22.1 Å².